The predicted molar refractivity (Wildman–Crippen MR) is 60.0 cm³/mol. The van der Waals surface area contributed by atoms with Crippen molar-refractivity contribution in [3.63, 3.8) is 0 Å². The fourth-order valence-corrected chi connectivity index (χ4v) is 1.66. The average Bonchev–Trinajstić information content (AvgIpc) is 2.28. The molecule has 1 rings (SSSR count). The van der Waals surface area contributed by atoms with Gasteiger partial charge in [0, 0.05) is 5.56 Å². The highest BCUT2D eigenvalue weighted by Crippen LogP contribution is 2.24. The molecule has 5 nitrogen and oxygen atoms in total. The highest BCUT2D eigenvalue weighted by Gasteiger charge is 2.15. The molecule has 0 saturated heterocycles. The van der Waals surface area contributed by atoms with E-state index in [-0.39, 0.29) is 24.1 Å². The maximum absolute atomic E-state index is 8.65. The molecule has 0 fully saturated rings. The van der Waals surface area contributed by atoms with E-state index in [0.29, 0.717) is 11.4 Å². The van der Waals surface area contributed by atoms with Crippen molar-refractivity contribution in [1.29, 1.82) is 10.5 Å². The van der Waals surface area contributed by atoms with Crippen molar-refractivity contribution in [2.24, 2.45) is 0 Å². The molecule has 0 aliphatic rings. The Morgan fingerprint density at radius 1 is 1.25 bits per heavy atom. The molecule has 0 N–H and O–H groups in total. The number of hydrogen-bond acceptors (Lipinski definition) is 5. The van der Waals surface area contributed by atoms with E-state index in [4.69, 9.17) is 33.7 Å². The summed E-state index contributed by atoms with van der Waals surface area (Å²) in [6, 6.07) is 3.90. The first-order chi connectivity index (χ1) is 7.74. The van der Waals surface area contributed by atoms with Crippen molar-refractivity contribution in [3.8, 4) is 12.1 Å². The molecule has 0 aromatic carbocycles. The van der Waals surface area contributed by atoms with Gasteiger partial charge in [0.25, 0.3) is 0 Å². The quantitative estimate of drug-likeness (QED) is 0.465. The van der Waals surface area contributed by atoms with Crippen molar-refractivity contribution >= 4 is 29.0 Å². The van der Waals surface area contributed by atoms with E-state index >= 15 is 0 Å². The van der Waals surface area contributed by atoms with Crippen LogP contribution in [0.1, 0.15) is 5.56 Å². The van der Waals surface area contributed by atoms with Gasteiger partial charge in [-0.15, -0.1) is 11.6 Å². The second-order valence-electron chi connectivity index (χ2n) is 2.77. The number of nitriles is 2. The maximum Gasteiger partial charge on any atom is 0.139 e. The van der Waals surface area contributed by atoms with Crippen molar-refractivity contribution in [1.82, 2.24) is 9.97 Å². The van der Waals surface area contributed by atoms with Crippen LogP contribution in [0.5, 0.6) is 0 Å². The predicted octanol–water partition coefficient (Wildman–Crippen LogP) is 1.72. The number of hydrogen-bond donors (Lipinski definition) is 0. The SMILES string of the molecule is N#CCN(CC#N)c1ncnc(Cl)c1CCl. The van der Waals surface area contributed by atoms with Crippen LogP contribution < -0.4 is 4.90 Å². The van der Waals surface area contributed by atoms with E-state index in [9.17, 15) is 0 Å². The number of halogens is 2. The van der Waals surface area contributed by atoms with Crippen LogP contribution in [0.4, 0.5) is 5.82 Å². The monoisotopic (exact) mass is 255 g/mol. The molecule has 82 valence electrons. The van der Waals surface area contributed by atoms with Gasteiger partial charge in [-0.05, 0) is 0 Å². The number of aromatic nitrogens is 2. The van der Waals surface area contributed by atoms with Gasteiger partial charge in [-0.2, -0.15) is 10.5 Å². The van der Waals surface area contributed by atoms with E-state index in [1.54, 1.807) is 0 Å². The molecule has 16 heavy (non-hydrogen) atoms. The van der Waals surface area contributed by atoms with E-state index < -0.39 is 0 Å². The molecule has 0 aliphatic carbocycles. The van der Waals surface area contributed by atoms with Gasteiger partial charge in [0.2, 0.25) is 0 Å². The Morgan fingerprint density at radius 3 is 2.38 bits per heavy atom. The third kappa shape index (κ3) is 2.73. The summed E-state index contributed by atoms with van der Waals surface area (Å²) >= 11 is 11.6. The van der Waals surface area contributed by atoms with Crippen LogP contribution in [0.15, 0.2) is 6.33 Å². The topological polar surface area (TPSA) is 76.6 Å². The van der Waals surface area contributed by atoms with Crippen molar-refractivity contribution in [3.05, 3.63) is 17.0 Å². The third-order valence-electron chi connectivity index (χ3n) is 1.83. The summed E-state index contributed by atoms with van der Waals surface area (Å²) in [6.45, 7) is 0.0928. The molecular weight excluding hydrogens is 249 g/mol. The number of rotatable bonds is 4. The normalized spacial score (nSPS) is 9.25. The zero-order valence-electron chi connectivity index (χ0n) is 8.19. The molecule has 0 aliphatic heterocycles. The van der Waals surface area contributed by atoms with E-state index in [0.717, 1.165) is 0 Å². The van der Waals surface area contributed by atoms with Crippen LogP contribution in [-0.4, -0.2) is 23.1 Å². The lowest BCUT2D eigenvalue weighted by molar-refractivity contribution is 0.912. The fraction of sp³-hybridized carbons (Fsp3) is 0.333. The van der Waals surface area contributed by atoms with E-state index in [2.05, 4.69) is 9.97 Å². The molecule has 0 spiro atoms. The zero-order valence-corrected chi connectivity index (χ0v) is 9.70. The number of anilines is 1. The average molecular weight is 256 g/mol. The molecule has 0 bridgehead atoms. The zero-order chi connectivity index (χ0) is 12.0. The van der Waals surface area contributed by atoms with E-state index in [1.807, 2.05) is 12.1 Å². The number of nitrogens with zero attached hydrogens (tertiary/aromatic N) is 5. The van der Waals surface area contributed by atoms with Gasteiger partial charge in [-0.25, -0.2) is 9.97 Å². The van der Waals surface area contributed by atoms with Crippen LogP contribution in [0.2, 0.25) is 5.15 Å². The summed E-state index contributed by atoms with van der Waals surface area (Å²) in [5.41, 5.74) is 0.524. The Balaban J connectivity index is 3.14. The molecule has 1 heterocycles. The molecule has 1 aromatic heterocycles. The summed E-state index contributed by atoms with van der Waals surface area (Å²) in [7, 11) is 0. The molecular formula is C9H7Cl2N5. The Morgan fingerprint density at radius 2 is 1.88 bits per heavy atom. The molecule has 0 atom stereocenters. The second-order valence-corrected chi connectivity index (χ2v) is 3.40. The van der Waals surface area contributed by atoms with Crippen LogP contribution in [-0.2, 0) is 5.88 Å². The van der Waals surface area contributed by atoms with Gasteiger partial charge in [-0.3, -0.25) is 0 Å². The summed E-state index contributed by atoms with van der Waals surface area (Å²) in [4.78, 5) is 9.27. The molecule has 0 radical (unpaired) electrons. The second kappa shape index (κ2) is 6.12. The van der Waals surface area contributed by atoms with Gasteiger partial charge < -0.3 is 4.90 Å². The van der Waals surface area contributed by atoms with Gasteiger partial charge in [0.1, 0.15) is 30.4 Å². The highest BCUT2D eigenvalue weighted by atomic mass is 35.5. The van der Waals surface area contributed by atoms with Gasteiger partial charge in [-0.1, -0.05) is 11.6 Å². The lowest BCUT2D eigenvalue weighted by Gasteiger charge is -2.19. The lowest BCUT2D eigenvalue weighted by atomic mass is 10.3. The summed E-state index contributed by atoms with van der Waals surface area (Å²) in [5, 5.41) is 17.5. The van der Waals surface area contributed by atoms with Gasteiger partial charge >= 0.3 is 0 Å². The van der Waals surface area contributed by atoms with Gasteiger partial charge in [0.15, 0.2) is 0 Å². The van der Waals surface area contributed by atoms with Crippen molar-refractivity contribution in [2.75, 3.05) is 18.0 Å². The molecule has 0 amide bonds. The minimum atomic E-state index is 0.0464. The van der Waals surface area contributed by atoms with Crippen molar-refractivity contribution in [2.45, 2.75) is 5.88 Å². The standard InChI is InChI=1S/C9H7Cl2N5/c10-5-7-8(11)14-6-15-9(7)16(3-1-12)4-2-13/h6H,3-5H2. The molecule has 7 heteroatoms. The largest absolute Gasteiger partial charge is 0.330 e. The Kier molecular flexibility index (Phi) is 4.78. The smallest absolute Gasteiger partial charge is 0.139 e. The summed E-state index contributed by atoms with van der Waals surface area (Å²) < 4.78 is 0. The number of alkyl halides is 1. The molecule has 1 aromatic rings. The Bertz CT molecular complexity index is 432. The first kappa shape index (κ1) is 12.5. The Labute approximate surface area is 103 Å². The minimum absolute atomic E-state index is 0.0464. The van der Waals surface area contributed by atoms with Crippen molar-refractivity contribution < 1.29 is 0 Å². The van der Waals surface area contributed by atoms with Crippen LogP contribution >= 0.6 is 23.2 Å². The highest BCUT2D eigenvalue weighted by molar-refractivity contribution is 6.31. The van der Waals surface area contributed by atoms with Crippen LogP contribution in [0.25, 0.3) is 0 Å². The minimum Gasteiger partial charge on any atom is -0.330 e. The third-order valence-corrected chi connectivity index (χ3v) is 2.42. The fourth-order valence-electron chi connectivity index (χ4n) is 1.15. The van der Waals surface area contributed by atoms with Crippen LogP contribution in [0.3, 0.4) is 0 Å². The first-order valence-electron chi connectivity index (χ1n) is 4.28. The maximum atomic E-state index is 8.65. The van der Waals surface area contributed by atoms with Gasteiger partial charge in [0.05, 0.1) is 18.0 Å². The summed E-state index contributed by atoms with van der Waals surface area (Å²) in [5.74, 6) is 0.556. The van der Waals surface area contributed by atoms with E-state index in [1.165, 1.54) is 11.2 Å². The Hall–Kier alpha value is -1.56. The summed E-state index contributed by atoms with van der Waals surface area (Å²) in [6.07, 6.45) is 1.27. The molecule has 0 unspecified atom stereocenters. The lowest BCUT2D eigenvalue weighted by Crippen LogP contribution is -2.26. The first-order valence-corrected chi connectivity index (χ1v) is 5.20. The molecule has 0 saturated carbocycles. The van der Waals surface area contributed by atoms with Crippen LogP contribution in [0, 0.1) is 22.7 Å².